The SMILES string of the molecule is Cc1nc2ccccc2c(-c2ccccc2)c1C(=O)/C=C/c1ccccc1Cl. The molecule has 0 atom stereocenters. The Hall–Kier alpha value is -3.23. The number of halogens is 1. The van der Waals surface area contributed by atoms with Crippen LogP contribution in [0.4, 0.5) is 0 Å². The molecule has 4 aromatic rings. The van der Waals surface area contributed by atoms with Crippen LogP contribution in [0.1, 0.15) is 21.6 Å². The van der Waals surface area contributed by atoms with Crippen LogP contribution in [0.25, 0.3) is 28.1 Å². The third kappa shape index (κ3) is 3.47. The van der Waals surface area contributed by atoms with Crippen molar-refractivity contribution in [2.24, 2.45) is 0 Å². The van der Waals surface area contributed by atoms with Crippen LogP contribution < -0.4 is 0 Å². The number of carbonyl (C=O) groups excluding carboxylic acids is 1. The summed E-state index contributed by atoms with van der Waals surface area (Å²) in [5.74, 6) is -0.0884. The molecule has 3 heteroatoms. The van der Waals surface area contributed by atoms with Crippen LogP contribution >= 0.6 is 11.6 Å². The summed E-state index contributed by atoms with van der Waals surface area (Å²) in [5, 5.41) is 1.58. The molecule has 1 aromatic heterocycles. The number of hydrogen-bond acceptors (Lipinski definition) is 2. The Labute approximate surface area is 169 Å². The summed E-state index contributed by atoms with van der Waals surface area (Å²) in [6.07, 6.45) is 3.33. The zero-order valence-corrected chi connectivity index (χ0v) is 16.1. The van der Waals surface area contributed by atoms with Gasteiger partial charge in [-0.3, -0.25) is 9.78 Å². The van der Waals surface area contributed by atoms with Crippen LogP contribution in [0.15, 0.2) is 84.9 Å². The number of pyridine rings is 1. The summed E-state index contributed by atoms with van der Waals surface area (Å²) in [6, 6.07) is 25.4. The molecule has 0 aliphatic rings. The Balaban J connectivity index is 1.90. The van der Waals surface area contributed by atoms with Crippen molar-refractivity contribution in [2.45, 2.75) is 6.92 Å². The van der Waals surface area contributed by atoms with Crippen molar-refractivity contribution in [2.75, 3.05) is 0 Å². The summed E-state index contributed by atoms with van der Waals surface area (Å²) in [6.45, 7) is 1.88. The molecule has 3 aromatic carbocycles. The molecule has 0 radical (unpaired) electrons. The van der Waals surface area contributed by atoms with Gasteiger partial charge in [-0.2, -0.15) is 0 Å². The summed E-state index contributed by atoms with van der Waals surface area (Å²) in [5.41, 5.74) is 4.94. The molecular weight excluding hydrogens is 366 g/mol. The van der Waals surface area contributed by atoms with E-state index in [-0.39, 0.29) is 5.78 Å². The standard InChI is InChI=1S/C25H18ClNO/c1-17-24(23(28)16-15-18-9-5-7-13-21(18)26)25(19-10-3-2-4-11-19)20-12-6-8-14-22(20)27-17/h2-16H,1H3/b16-15+. The zero-order chi connectivity index (χ0) is 19.5. The van der Waals surface area contributed by atoms with Gasteiger partial charge in [0.2, 0.25) is 0 Å². The first-order valence-electron chi connectivity index (χ1n) is 9.07. The zero-order valence-electron chi connectivity index (χ0n) is 15.4. The first-order valence-corrected chi connectivity index (χ1v) is 9.44. The fraction of sp³-hybridized carbons (Fsp3) is 0.0400. The fourth-order valence-corrected chi connectivity index (χ4v) is 3.60. The van der Waals surface area contributed by atoms with Crippen LogP contribution in [0.3, 0.4) is 0 Å². The number of rotatable bonds is 4. The molecule has 0 aliphatic carbocycles. The summed E-state index contributed by atoms with van der Waals surface area (Å²) < 4.78 is 0. The van der Waals surface area contributed by atoms with Gasteiger partial charge in [-0.15, -0.1) is 0 Å². The lowest BCUT2D eigenvalue weighted by molar-refractivity contribution is 0.104. The topological polar surface area (TPSA) is 30.0 Å². The third-order valence-electron chi connectivity index (χ3n) is 4.70. The van der Waals surface area contributed by atoms with Gasteiger partial charge < -0.3 is 0 Å². The Morgan fingerprint density at radius 1 is 0.893 bits per heavy atom. The minimum absolute atomic E-state index is 0.0884. The van der Waals surface area contributed by atoms with E-state index in [1.54, 1.807) is 12.2 Å². The van der Waals surface area contributed by atoms with Crippen LogP contribution in [-0.2, 0) is 0 Å². The van der Waals surface area contributed by atoms with Crippen LogP contribution in [0.2, 0.25) is 5.02 Å². The lowest BCUT2D eigenvalue weighted by Crippen LogP contribution is -2.05. The van der Waals surface area contributed by atoms with E-state index in [4.69, 9.17) is 11.6 Å². The number of ketones is 1. The van der Waals surface area contributed by atoms with Crippen molar-refractivity contribution in [1.29, 1.82) is 0 Å². The quantitative estimate of drug-likeness (QED) is 0.288. The molecule has 1 heterocycles. The number of fused-ring (bicyclic) bond motifs is 1. The molecule has 0 fully saturated rings. The largest absolute Gasteiger partial charge is 0.289 e. The van der Waals surface area contributed by atoms with E-state index >= 15 is 0 Å². The maximum atomic E-state index is 13.2. The summed E-state index contributed by atoms with van der Waals surface area (Å²) in [4.78, 5) is 17.9. The summed E-state index contributed by atoms with van der Waals surface area (Å²) >= 11 is 6.22. The normalized spacial score (nSPS) is 11.2. The molecule has 0 spiro atoms. The van der Waals surface area contributed by atoms with Gasteiger partial charge >= 0.3 is 0 Å². The van der Waals surface area contributed by atoms with Crippen molar-refractivity contribution in [3.63, 3.8) is 0 Å². The number of allylic oxidation sites excluding steroid dienone is 1. The average molecular weight is 384 g/mol. The Morgan fingerprint density at radius 2 is 1.57 bits per heavy atom. The lowest BCUT2D eigenvalue weighted by atomic mass is 9.92. The van der Waals surface area contributed by atoms with E-state index < -0.39 is 0 Å². The first-order chi connectivity index (χ1) is 13.6. The fourth-order valence-electron chi connectivity index (χ4n) is 3.40. The van der Waals surface area contributed by atoms with Crippen LogP contribution in [0, 0.1) is 6.92 Å². The second kappa shape index (κ2) is 7.79. The van der Waals surface area contributed by atoms with E-state index in [0.29, 0.717) is 16.3 Å². The highest BCUT2D eigenvalue weighted by Crippen LogP contribution is 2.33. The maximum absolute atomic E-state index is 13.2. The minimum atomic E-state index is -0.0884. The highest BCUT2D eigenvalue weighted by molar-refractivity contribution is 6.32. The van der Waals surface area contributed by atoms with Crippen molar-refractivity contribution in [3.8, 4) is 11.1 Å². The predicted molar refractivity (Wildman–Crippen MR) is 117 cm³/mol. The molecule has 0 unspecified atom stereocenters. The number of aromatic nitrogens is 1. The molecule has 0 amide bonds. The summed E-state index contributed by atoms with van der Waals surface area (Å²) in [7, 11) is 0. The number of aryl methyl sites for hydroxylation is 1. The highest BCUT2D eigenvalue weighted by Gasteiger charge is 2.18. The molecule has 0 aliphatic heterocycles. The number of carbonyl (C=O) groups is 1. The maximum Gasteiger partial charge on any atom is 0.188 e. The van der Waals surface area contributed by atoms with E-state index in [0.717, 1.165) is 27.6 Å². The Kier molecular flexibility index (Phi) is 5.05. The molecule has 0 saturated heterocycles. The number of hydrogen-bond donors (Lipinski definition) is 0. The molecule has 0 saturated carbocycles. The molecule has 0 N–H and O–H groups in total. The minimum Gasteiger partial charge on any atom is -0.289 e. The van der Waals surface area contributed by atoms with Crippen molar-refractivity contribution < 1.29 is 4.79 Å². The van der Waals surface area contributed by atoms with Crippen LogP contribution in [0.5, 0.6) is 0 Å². The van der Waals surface area contributed by atoms with Gasteiger partial charge in [-0.05, 0) is 42.3 Å². The van der Waals surface area contributed by atoms with Gasteiger partial charge in [0.1, 0.15) is 0 Å². The second-order valence-corrected chi connectivity index (χ2v) is 6.96. The predicted octanol–water partition coefficient (Wildman–Crippen LogP) is 6.76. The molecule has 0 bridgehead atoms. The van der Waals surface area contributed by atoms with E-state index in [9.17, 15) is 4.79 Å². The second-order valence-electron chi connectivity index (χ2n) is 6.55. The lowest BCUT2D eigenvalue weighted by Gasteiger charge is -2.14. The number of para-hydroxylation sites is 1. The average Bonchev–Trinajstić information content (AvgIpc) is 2.72. The monoisotopic (exact) mass is 383 g/mol. The molecule has 2 nitrogen and oxygen atoms in total. The Morgan fingerprint density at radius 3 is 2.36 bits per heavy atom. The van der Waals surface area contributed by atoms with Gasteiger partial charge in [0.15, 0.2) is 5.78 Å². The van der Waals surface area contributed by atoms with Gasteiger partial charge in [0.05, 0.1) is 11.1 Å². The Bertz CT molecular complexity index is 1200. The van der Waals surface area contributed by atoms with E-state index in [1.165, 1.54) is 0 Å². The number of nitrogens with zero attached hydrogens (tertiary/aromatic N) is 1. The third-order valence-corrected chi connectivity index (χ3v) is 5.05. The van der Waals surface area contributed by atoms with Crippen molar-refractivity contribution >= 4 is 34.4 Å². The van der Waals surface area contributed by atoms with Crippen molar-refractivity contribution in [1.82, 2.24) is 4.98 Å². The first kappa shape index (κ1) is 18.1. The molecule has 136 valence electrons. The van der Waals surface area contributed by atoms with Gasteiger partial charge in [0, 0.05) is 21.7 Å². The highest BCUT2D eigenvalue weighted by atomic mass is 35.5. The van der Waals surface area contributed by atoms with Gasteiger partial charge in [-0.1, -0.05) is 78.3 Å². The van der Waals surface area contributed by atoms with Crippen LogP contribution in [-0.4, -0.2) is 10.8 Å². The molecule has 28 heavy (non-hydrogen) atoms. The molecular formula is C25H18ClNO. The van der Waals surface area contributed by atoms with Gasteiger partial charge in [-0.25, -0.2) is 0 Å². The molecule has 4 rings (SSSR count). The van der Waals surface area contributed by atoms with Crippen molar-refractivity contribution in [3.05, 3.63) is 107 Å². The van der Waals surface area contributed by atoms with E-state index in [2.05, 4.69) is 4.98 Å². The van der Waals surface area contributed by atoms with E-state index in [1.807, 2.05) is 85.8 Å². The number of benzene rings is 3. The smallest absolute Gasteiger partial charge is 0.188 e. The van der Waals surface area contributed by atoms with Gasteiger partial charge in [0.25, 0.3) is 0 Å².